The standard InChI is InChI=1S/C15H21N3O2S/c1-3-12(2)13-4-6-15(7-5-13)21(19,20)18-9-8-17-11-14(18)10-16/h4-7,12,14,17H,3,8-9,11H2,1-2H3. The molecule has 1 N–H and O–H groups in total. The van der Waals surface area contributed by atoms with Crippen molar-refractivity contribution in [3.8, 4) is 6.07 Å². The van der Waals surface area contributed by atoms with Crippen LogP contribution in [0.2, 0.25) is 0 Å². The SMILES string of the molecule is CCC(C)c1ccc(S(=O)(=O)N2CCNCC2C#N)cc1. The average Bonchev–Trinajstić information content (AvgIpc) is 2.54. The summed E-state index contributed by atoms with van der Waals surface area (Å²) >= 11 is 0. The highest BCUT2D eigenvalue weighted by Crippen LogP contribution is 2.23. The third-order valence-corrected chi connectivity index (χ3v) is 5.93. The Hall–Kier alpha value is -1.42. The van der Waals surface area contributed by atoms with Gasteiger partial charge in [0.1, 0.15) is 6.04 Å². The van der Waals surface area contributed by atoms with E-state index in [2.05, 4.69) is 25.2 Å². The monoisotopic (exact) mass is 307 g/mol. The second-order valence-electron chi connectivity index (χ2n) is 5.34. The molecule has 0 radical (unpaired) electrons. The van der Waals surface area contributed by atoms with Crippen molar-refractivity contribution in [2.24, 2.45) is 0 Å². The van der Waals surface area contributed by atoms with E-state index in [4.69, 9.17) is 5.26 Å². The van der Waals surface area contributed by atoms with Gasteiger partial charge in [0.2, 0.25) is 10.0 Å². The van der Waals surface area contributed by atoms with Crippen molar-refractivity contribution in [3.63, 3.8) is 0 Å². The first-order chi connectivity index (χ1) is 10.0. The molecular weight excluding hydrogens is 286 g/mol. The zero-order valence-corrected chi connectivity index (χ0v) is 13.2. The largest absolute Gasteiger partial charge is 0.313 e. The van der Waals surface area contributed by atoms with Gasteiger partial charge in [-0.05, 0) is 30.0 Å². The molecule has 0 amide bonds. The Balaban J connectivity index is 2.29. The van der Waals surface area contributed by atoms with E-state index in [9.17, 15) is 8.42 Å². The summed E-state index contributed by atoms with van der Waals surface area (Å²) < 4.78 is 26.6. The molecule has 0 bridgehead atoms. The summed E-state index contributed by atoms with van der Waals surface area (Å²) in [5, 5.41) is 12.2. The van der Waals surface area contributed by atoms with E-state index in [1.807, 2.05) is 12.1 Å². The molecule has 21 heavy (non-hydrogen) atoms. The molecule has 2 rings (SSSR count). The van der Waals surface area contributed by atoms with Crippen LogP contribution >= 0.6 is 0 Å². The van der Waals surface area contributed by atoms with Crippen molar-refractivity contribution in [1.29, 1.82) is 5.26 Å². The molecule has 0 aliphatic carbocycles. The van der Waals surface area contributed by atoms with Gasteiger partial charge in [-0.15, -0.1) is 0 Å². The molecule has 1 aliphatic heterocycles. The number of sulfonamides is 1. The summed E-state index contributed by atoms with van der Waals surface area (Å²) in [6, 6.07) is 8.44. The quantitative estimate of drug-likeness (QED) is 0.918. The van der Waals surface area contributed by atoms with Crippen LogP contribution in [0, 0.1) is 11.3 Å². The van der Waals surface area contributed by atoms with E-state index >= 15 is 0 Å². The zero-order chi connectivity index (χ0) is 15.5. The van der Waals surface area contributed by atoms with Crippen LogP contribution in [0.15, 0.2) is 29.2 Å². The van der Waals surface area contributed by atoms with Gasteiger partial charge in [0.05, 0.1) is 11.0 Å². The van der Waals surface area contributed by atoms with Gasteiger partial charge >= 0.3 is 0 Å². The molecule has 114 valence electrons. The Morgan fingerprint density at radius 1 is 1.43 bits per heavy atom. The van der Waals surface area contributed by atoms with Crippen molar-refractivity contribution < 1.29 is 8.42 Å². The van der Waals surface area contributed by atoms with Crippen LogP contribution in [0.5, 0.6) is 0 Å². The van der Waals surface area contributed by atoms with Crippen LogP contribution in [0.3, 0.4) is 0 Å². The fourth-order valence-corrected chi connectivity index (χ4v) is 3.96. The summed E-state index contributed by atoms with van der Waals surface area (Å²) in [5.41, 5.74) is 1.13. The maximum absolute atomic E-state index is 12.7. The molecule has 0 saturated carbocycles. The fraction of sp³-hybridized carbons (Fsp3) is 0.533. The minimum atomic E-state index is -3.60. The Morgan fingerprint density at radius 3 is 2.67 bits per heavy atom. The van der Waals surface area contributed by atoms with Gasteiger partial charge < -0.3 is 5.32 Å². The van der Waals surface area contributed by atoms with Gasteiger partial charge in [-0.25, -0.2) is 8.42 Å². The molecule has 0 aromatic heterocycles. The number of rotatable bonds is 4. The summed E-state index contributed by atoms with van der Waals surface area (Å²) in [4.78, 5) is 0.261. The Morgan fingerprint density at radius 2 is 2.10 bits per heavy atom. The average molecular weight is 307 g/mol. The number of hydrogen-bond donors (Lipinski definition) is 1. The molecule has 6 heteroatoms. The fourth-order valence-electron chi connectivity index (χ4n) is 2.42. The van der Waals surface area contributed by atoms with Crippen LogP contribution in [-0.4, -0.2) is 38.4 Å². The number of nitrogens with one attached hydrogen (secondary N) is 1. The summed E-state index contributed by atoms with van der Waals surface area (Å²) in [6.45, 7) is 5.50. The van der Waals surface area contributed by atoms with Crippen molar-refractivity contribution in [1.82, 2.24) is 9.62 Å². The Bertz CT molecular complexity index is 619. The highest BCUT2D eigenvalue weighted by atomic mass is 32.2. The minimum absolute atomic E-state index is 0.261. The number of piperazine rings is 1. The first-order valence-electron chi connectivity index (χ1n) is 7.22. The maximum atomic E-state index is 12.7. The Labute approximate surface area is 126 Å². The van der Waals surface area contributed by atoms with E-state index in [0.717, 1.165) is 12.0 Å². The van der Waals surface area contributed by atoms with Gasteiger partial charge in [0.15, 0.2) is 0 Å². The molecule has 1 aromatic carbocycles. The summed E-state index contributed by atoms with van der Waals surface area (Å²) in [6.07, 6.45) is 1.01. The van der Waals surface area contributed by atoms with E-state index in [0.29, 0.717) is 25.6 Å². The van der Waals surface area contributed by atoms with Crippen molar-refractivity contribution in [2.45, 2.75) is 37.1 Å². The number of nitriles is 1. The van der Waals surface area contributed by atoms with Gasteiger partial charge in [0.25, 0.3) is 0 Å². The Kier molecular flexibility index (Phi) is 4.99. The van der Waals surface area contributed by atoms with Crippen LogP contribution < -0.4 is 5.32 Å². The van der Waals surface area contributed by atoms with Crippen molar-refractivity contribution in [3.05, 3.63) is 29.8 Å². The molecular formula is C15H21N3O2S. The molecule has 0 spiro atoms. The minimum Gasteiger partial charge on any atom is -0.313 e. The van der Waals surface area contributed by atoms with Crippen LogP contribution in [0.25, 0.3) is 0 Å². The van der Waals surface area contributed by atoms with Gasteiger partial charge in [0, 0.05) is 19.6 Å². The third-order valence-electron chi connectivity index (χ3n) is 4.01. The second kappa shape index (κ2) is 6.56. The number of benzene rings is 1. The lowest BCUT2D eigenvalue weighted by Crippen LogP contribution is -2.52. The number of nitrogens with zero attached hydrogens (tertiary/aromatic N) is 2. The van der Waals surface area contributed by atoms with Crippen molar-refractivity contribution in [2.75, 3.05) is 19.6 Å². The summed E-state index contributed by atoms with van der Waals surface area (Å²) in [5.74, 6) is 0.410. The lowest BCUT2D eigenvalue weighted by atomic mass is 9.99. The molecule has 2 atom stereocenters. The molecule has 1 saturated heterocycles. The molecule has 1 fully saturated rings. The van der Waals surface area contributed by atoms with Crippen molar-refractivity contribution >= 4 is 10.0 Å². The predicted molar refractivity (Wildman–Crippen MR) is 81.3 cm³/mol. The molecule has 1 aromatic rings. The topological polar surface area (TPSA) is 73.2 Å². The molecule has 5 nitrogen and oxygen atoms in total. The second-order valence-corrected chi connectivity index (χ2v) is 7.23. The normalized spacial score (nSPS) is 21.7. The van der Waals surface area contributed by atoms with Crippen LogP contribution in [0.1, 0.15) is 31.7 Å². The first kappa shape index (κ1) is 16.0. The lowest BCUT2D eigenvalue weighted by molar-refractivity contribution is 0.312. The van der Waals surface area contributed by atoms with Crippen LogP contribution in [-0.2, 0) is 10.0 Å². The van der Waals surface area contributed by atoms with Gasteiger partial charge in [-0.2, -0.15) is 9.57 Å². The highest BCUT2D eigenvalue weighted by molar-refractivity contribution is 7.89. The highest BCUT2D eigenvalue weighted by Gasteiger charge is 2.33. The number of hydrogen-bond acceptors (Lipinski definition) is 4. The molecule has 1 heterocycles. The lowest BCUT2D eigenvalue weighted by Gasteiger charge is -2.31. The third kappa shape index (κ3) is 3.26. The van der Waals surface area contributed by atoms with E-state index in [-0.39, 0.29) is 4.90 Å². The molecule has 1 aliphatic rings. The van der Waals surface area contributed by atoms with E-state index in [1.54, 1.807) is 12.1 Å². The van der Waals surface area contributed by atoms with E-state index in [1.165, 1.54) is 4.31 Å². The van der Waals surface area contributed by atoms with Crippen LogP contribution in [0.4, 0.5) is 0 Å². The predicted octanol–water partition coefficient (Wildman–Crippen LogP) is 1.69. The zero-order valence-electron chi connectivity index (χ0n) is 12.4. The first-order valence-corrected chi connectivity index (χ1v) is 8.66. The molecule has 2 unspecified atom stereocenters. The maximum Gasteiger partial charge on any atom is 0.244 e. The summed E-state index contributed by atoms with van der Waals surface area (Å²) in [7, 11) is -3.60. The van der Waals surface area contributed by atoms with Gasteiger partial charge in [-0.1, -0.05) is 26.0 Å². The van der Waals surface area contributed by atoms with E-state index < -0.39 is 16.1 Å². The van der Waals surface area contributed by atoms with Gasteiger partial charge in [-0.3, -0.25) is 0 Å². The smallest absolute Gasteiger partial charge is 0.244 e.